The third kappa shape index (κ3) is 1.43. The van der Waals surface area contributed by atoms with Crippen LogP contribution in [-0.2, 0) is 0 Å². The monoisotopic (exact) mass is 180 g/mol. The third-order valence-electron chi connectivity index (χ3n) is 2.66. The lowest BCUT2D eigenvalue weighted by atomic mass is 9.77. The predicted molar refractivity (Wildman–Crippen MR) is 50.5 cm³/mol. The van der Waals surface area contributed by atoms with Crippen molar-refractivity contribution in [3.63, 3.8) is 0 Å². The summed E-state index contributed by atoms with van der Waals surface area (Å²) in [5.74, 6) is 0.559. The molecule has 13 heavy (non-hydrogen) atoms. The summed E-state index contributed by atoms with van der Waals surface area (Å²) < 4.78 is 0. The second-order valence-electron chi connectivity index (χ2n) is 4.67. The molecular formula is C10H16N2O. The highest BCUT2D eigenvalue weighted by Crippen LogP contribution is 2.38. The highest BCUT2D eigenvalue weighted by atomic mass is 16.7. The Morgan fingerprint density at radius 2 is 2.31 bits per heavy atom. The van der Waals surface area contributed by atoms with Crippen molar-refractivity contribution in [2.24, 2.45) is 5.41 Å². The fraction of sp³-hybridized carbons (Fsp3) is 0.700. The van der Waals surface area contributed by atoms with Gasteiger partial charge in [0.2, 0.25) is 0 Å². The van der Waals surface area contributed by atoms with Crippen molar-refractivity contribution in [2.75, 3.05) is 6.61 Å². The molecule has 72 valence electrons. The topological polar surface area (TPSA) is 27.1 Å². The Morgan fingerprint density at radius 1 is 1.54 bits per heavy atom. The fourth-order valence-electron chi connectivity index (χ4n) is 1.94. The maximum absolute atomic E-state index is 5.39. The summed E-state index contributed by atoms with van der Waals surface area (Å²) >= 11 is 0. The fourth-order valence-corrected chi connectivity index (χ4v) is 1.94. The van der Waals surface area contributed by atoms with Crippen LogP contribution in [0, 0.1) is 5.41 Å². The molecule has 0 aromatic carbocycles. The van der Waals surface area contributed by atoms with Gasteiger partial charge in [0, 0.05) is 5.92 Å². The lowest BCUT2D eigenvalue weighted by Gasteiger charge is -2.33. The summed E-state index contributed by atoms with van der Waals surface area (Å²) in [5, 5.41) is 4.11. The van der Waals surface area contributed by atoms with Crippen LogP contribution in [0.5, 0.6) is 0 Å². The van der Waals surface area contributed by atoms with E-state index in [1.54, 1.807) is 11.0 Å². The molecule has 0 bridgehead atoms. The van der Waals surface area contributed by atoms with Crippen molar-refractivity contribution in [3.8, 4) is 0 Å². The molecule has 0 spiro atoms. The van der Waals surface area contributed by atoms with E-state index in [1.165, 1.54) is 5.69 Å². The van der Waals surface area contributed by atoms with Gasteiger partial charge in [-0.05, 0) is 17.9 Å². The average Bonchev–Trinajstić information content (AvgIpc) is 2.48. The van der Waals surface area contributed by atoms with Gasteiger partial charge in [-0.2, -0.15) is 0 Å². The van der Waals surface area contributed by atoms with Gasteiger partial charge in [0.1, 0.15) is 6.61 Å². The van der Waals surface area contributed by atoms with Crippen molar-refractivity contribution in [2.45, 2.75) is 33.1 Å². The first-order chi connectivity index (χ1) is 6.09. The smallest absolute Gasteiger partial charge is 0.117 e. The van der Waals surface area contributed by atoms with Crippen molar-refractivity contribution >= 4 is 0 Å². The first kappa shape index (κ1) is 8.60. The van der Waals surface area contributed by atoms with Crippen molar-refractivity contribution < 1.29 is 4.84 Å². The maximum atomic E-state index is 5.39. The summed E-state index contributed by atoms with van der Waals surface area (Å²) in [6, 6.07) is 2.05. The first-order valence-electron chi connectivity index (χ1n) is 4.76. The zero-order valence-electron chi connectivity index (χ0n) is 8.45. The molecule has 0 fully saturated rings. The zero-order chi connectivity index (χ0) is 9.47. The Labute approximate surface area is 78.7 Å². The molecule has 0 radical (unpaired) electrons. The van der Waals surface area contributed by atoms with E-state index in [2.05, 4.69) is 31.9 Å². The molecule has 1 unspecified atom stereocenters. The molecule has 2 heterocycles. The summed E-state index contributed by atoms with van der Waals surface area (Å²) in [4.78, 5) is 7.06. The number of nitrogens with zero attached hydrogens (tertiary/aromatic N) is 2. The molecule has 0 saturated heterocycles. The van der Waals surface area contributed by atoms with Gasteiger partial charge < -0.3 is 4.84 Å². The molecule has 1 aromatic heterocycles. The van der Waals surface area contributed by atoms with E-state index in [-0.39, 0.29) is 0 Å². The maximum Gasteiger partial charge on any atom is 0.117 e. The number of aromatic nitrogens is 2. The first-order valence-corrected chi connectivity index (χ1v) is 4.76. The van der Waals surface area contributed by atoms with Gasteiger partial charge in [0.05, 0.1) is 11.9 Å². The van der Waals surface area contributed by atoms with E-state index in [0.717, 1.165) is 13.0 Å². The van der Waals surface area contributed by atoms with Gasteiger partial charge >= 0.3 is 0 Å². The molecule has 1 atom stereocenters. The number of fused-ring (bicyclic) bond motifs is 1. The Kier molecular flexibility index (Phi) is 1.82. The van der Waals surface area contributed by atoms with Crippen LogP contribution in [0.25, 0.3) is 0 Å². The quantitative estimate of drug-likeness (QED) is 0.609. The molecule has 0 saturated carbocycles. The minimum Gasteiger partial charge on any atom is -0.396 e. The SMILES string of the molecule is CC(C)(C)C1CCOn2nccc21. The molecule has 0 amide bonds. The van der Waals surface area contributed by atoms with E-state index in [1.807, 2.05) is 0 Å². The Morgan fingerprint density at radius 3 is 3.00 bits per heavy atom. The van der Waals surface area contributed by atoms with Crippen molar-refractivity contribution in [1.82, 2.24) is 9.94 Å². The van der Waals surface area contributed by atoms with E-state index in [4.69, 9.17) is 4.84 Å². The lowest BCUT2D eigenvalue weighted by molar-refractivity contribution is 0.0281. The normalized spacial score (nSPS) is 22.2. The van der Waals surface area contributed by atoms with Crippen LogP contribution < -0.4 is 4.84 Å². The number of hydrogen-bond acceptors (Lipinski definition) is 2. The molecule has 2 rings (SSSR count). The van der Waals surface area contributed by atoms with E-state index in [9.17, 15) is 0 Å². The largest absolute Gasteiger partial charge is 0.396 e. The van der Waals surface area contributed by atoms with Crippen LogP contribution in [-0.4, -0.2) is 16.6 Å². The molecule has 1 aliphatic rings. The minimum absolute atomic E-state index is 0.293. The van der Waals surface area contributed by atoms with E-state index >= 15 is 0 Å². The highest BCUT2D eigenvalue weighted by molar-refractivity contribution is 5.11. The van der Waals surface area contributed by atoms with Crippen LogP contribution >= 0.6 is 0 Å². The number of hydrogen-bond donors (Lipinski definition) is 0. The molecule has 1 aliphatic heterocycles. The standard InChI is InChI=1S/C10H16N2O/c1-10(2,3)8-5-7-13-12-9(8)4-6-11-12/h4,6,8H,5,7H2,1-3H3. The lowest BCUT2D eigenvalue weighted by Crippen LogP contribution is -2.32. The van der Waals surface area contributed by atoms with E-state index < -0.39 is 0 Å². The third-order valence-corrected chi connectivity index (χ3v) is 2.66. The van der Waals surface area contributed by atoms with Crippen LogP contribution in [0.1, 0.15) is 38.8 Å². The second-order valence-corrected chi connectivity index (χ2v) is 4.67. The molecule has 0 N–H and O–H groups in total. The van der Waals surface area contributed by atoms with Crippen molar-refractivity contribution in [1.29, 1.82) is 0 Å². The Balaban J connectivity index is 2.35. The zero-order valence-corrected chi connectivity index (χ0v) is 8.45. The van der Waals surface area contributed by atoms with Gasteiger partial charge in [-0.25, -0.2) is 0 Å². The summed E-state index contributed by atoms with van der Waals surface area (Å²) in [6.45, 7) is 7.57. The van der Waals surface area contributed by atoms with Gasteiger partial charge in [-0.15, -0.1) is 9.94 Å². The predicted octanol–water partition coefficient (Wildman–Crippen LogP) is 1.85. The Hall–Kier alpha value is -0.990. The van der Waals surface area contributed by atoms with Gasteiger partial charge in [-0.3, -0.25) is 0 Å². The van der Waals surface area contributed by atoms with Crippen LogP contribution in [0.3, 0.4) is 0 Å². The van der Waals surface area contributed by atoms with Gasteiger partial charge in [0.25, 0.3) is 0 Å². The molecular weight excluding hydrogens is 164 g/mol. The molecule has 3 heteroatoms. The van der Waals surface area contributed by atoms with E-state index in [0.29, 0.717) is 11.3 Å². The molecule has 3 nitrogen and oxygen atoms in total. The van der Waals surface area contributed by atoms with Crippen LogP contribution in [0.4, 0.5) is 0 Å². The highest BCUT2D eigenvalue weighted by Gasteiger charge is 2.31. The second kappa shape index (κ2) is 2.76. The van der Waals surface area contributed by atoms with Crippen LogP contribution in [0.15, 0.2) is 12.3 Å². The summed E-state index contributed by atoms with van der Waals surface area (Å²) in [5.41, 5.74) is 1.50. The Bertz CT molecular complexity index is 298. The molecule has 0 aliphatic carbocycles. The number of rotatable bonds is 0. The summed E-state index contributed by atoms with van der Waals surface area (Å²) in [6.07, 6.45) is 2.90. The average molecular weight is 180 g/mol. The van der Waals surface area contributed by atoms with Crippen LogP contribution in [0.2, 0.25) is 0 Å². The van der Waals surface area contributed by atoms with Gasteiger partial charge in [0.15, 0.2) is 0 Å². The van der Waals surface area contributed by atoms with Gasteiger partial charge in [-0.1, -0.05) is 20.8 Å². The minimum atomic E-state index is 0.293. The molecule has 1 aromatic rings. The summed E-state index contributed by atoms with van der Waals surface area (Å²) in [7, 11) is 0. The van der Waals surface area contributed by atoms with Crippen molar-refractivity contribution in [3.05, 3.63) is 18.0 Å².